The molecule has 1 amide bonds. The second-order valence-corrected chi connectivity index (χ2v) is 6.24. The Morgan fingerprint density at radius 1 is 1.37 bits per heavy atom. The molecule has 0 heterocycles. The number of anilines is 1. The summed E-state index contributed by atoms with van der Waals surface area (Å²) in [6.07, 6.45) is 2.16. The van der Waals surface area contributed by atoms with Crippen LogP contribution in [0.3, 0.4) is 0 Å². The molecule has 0 aliphatic carbocycles. The summed E-state index contributed by atoms with van der Waals surface area (Å²) in [6, 6.07) is 3.39. The van der Waals surface area contributed by atoms with Gasteiger partial charge in [0.05, 0.1) is 15.7 Å². The minimum absolute atomic E-state index is 0.0880. The molecule has 1 atom stereocenters. The molecule has 106 valence electrons. The number of carbonyl (C=O) groups is 1. The van der Waals surface area contributed by atoms with Crippen molar-refractivity contribution in [2.45, 2.75) is 26.2 Å². The Hall–Kier alpha value is -0.290. The van der Waals surface area contributed by atoms with Crippen LogP contribution in [-0.2, 0) is 4.79 Å². The van der Waals surface area contributed by atoms with E-state index in [1.54, 1.807) is 12.1 Å². The monoisotopic (exact) mass is 366 g/mol. The Labute approximate surface area is 132 Å². The lowest BCUT2D eigenvalue weighted by atomic mass is 10.0. The zero-order valence-electron chi connectivity index (χ0n) is 10.7. The standard InChI is InChI=1S/C13H17BrCl2N2O/c1-8(4-5-17)2-3-12(19)18-13-10(15)6-9(14)7-11(13)16/h6-8H,2-5,17H2,1H3,(H,18,19). The van der Waals surface area contributed by atoms with Crippen molar-refractivity contribution < 1.29 is 4.79 Å². The third kappa shape index (κ3) is 5.69. The Morgan fingerprint density at radius 3 is 2.47 bits per heavy atom. The fourth-order valence-corrected chi connectivity index (χ4v) is 2.97. The second-order valence-electron chi connectivity index (χ2n) is 4.51. The third-order valence-electron chi connectivity index (χ3n) is 2.79. The van der Waals surface area contributed by atoms with E-state index in [1.165, 1.54) is 0 Å². The Kier molecular flexibility index (Phi) is 7.15. The quantitative estimate of drug-likeness (QED) is 0.779. The van der Waals surface area contributed by atoms with Crippen molar-refractivity contribution in [2.75, 3.05) is 11.9 Å². The van der Waals surface area contributed by atoms with Gasteiger partial charge in [0, 0.05) is 10.9 Å². The van der Waals surface area contributed by atoms with Gasteiger partial charge in [-0.05, 0) is 37.4 Å². The summed E-state index contributed by atoms with van der Waals surface area (Å²) in [5.74, 6) is 0.349. The fraction of sp³-hybridized carbons (Fsp3) is 0.462. The zero-order valence-corrected chi connectivity index (χ0v) is 13.8. The molecule has 0 bridgehead atoms. The normalized spacial score (nSPS) is 12.3. The molecule has 0 aliphatic rings. The van der Waals surface area contributed by atoms with Crippen LogP contribution in [0.1, 0.15) is 26.2 Å². The summed E-state index contributed by atoms with van der Waals surface area (Å²) < 4.78 is 0.775. The van der Waals surface area contributed by atoms with E-state index in [0.29, 0.717) is 34.6 Å². The molecule has 6 heteroatoms. The number of carbonyl (C=O) groups excluding carboxylic acids is 1. The van der Waals surface area contributed by atoms with Crippen LogP contribution in [0.4, 0.5) is 5.69 Å². The van der Waals surface area contributed by atoms with Gasteiger partial charge >= 0.3 is 0 Å². The Bertz CT molecular complexity index is 431. The van der Waals surface area contributed by atoms with Gasteiger partial charge in [0.15, 0.2) is 0 Å². The van der Waals surface area contributed by atoms with Crippen LogP contribution in [0.15, 0.2) is 16.6 Å². The van der Waals surface area contributed by atoms with E-state index in [2.05, 4.69) is 28.2 Å². The molecule has 1 unspecified atom stereocenters. The summed E-state index contributed by atoms with van der Waals surface area (Å²) in [6.45, 7) is 2.73. The maximum Gasteiger partial charge on any atom is 0.224 e. The predicted octanol–water partition coefficient (Wildman–Crippen LogP) is 4.46. The Balaban J connectivity index is 2.58. The van der Waals surface area contributed by atoms with Crippen LogP contribution < -0.4 is 11.1 Å². The highest BCUT2D eigenvalue weighted by molar-refractivity contribution is 9.10. The van der Waals surface area contributed by atoms with Gasteiger partial charge in [-0.25, -0.2) is 0 Å². The molecular formula is C13H17BrCl2N2O. The van der Waals surface area contributed by atoms with Crippen molar-refractivity contribution in [2.24, 2.45) is 11.7 Å². The average molecular weight is 368 g/mol. The van der Waals surface area contributed by atoms with Gasteiger partial charge in [-0.3, -0.25) is 4.79 Å². The fourth-order valence-electron chi connectivity index (χ4n) is 1.67. The first-order valence-corrected chi connectivity index (χ1v) is 7.63. The third-order valence-corrected chi connectivity index (χ3v) is 3.85. The van der Waals surface area contributed by atoms with E-state index in [9.17, 15) is 4.79 Å². The van der Waals surface area contributed by atoms with Crippen molar-refractivity contribution in [1.82, 2.24) is 0 Å². The largest absolute Gasteiger partial charge is 0.330 e. The van der Waals surface area contributed by atoms with Gasteiger partial charge in [-0.15, -0.1) is 0 Å². The van der Waals surface area contributed by atoms with Crippen molar-refractivity contribution in [3.63, 3.8) is 0 Å². The molecule has 0 fully saturated rings. The lowest BCUT2D eigenvalue weighted by molar-refractivity contribution is -0.116. The van der Waals surface area contributed by atoms with Crippen molar-refractivity contribution in [3.8, 4) is 0 Å². The molecule has 0 aliphatic heterocycles. The van der Waals surface area contributed by atoms with Crippen molar-refractivity contribution in [1.29, 1.82) is 0 Å². The number of benzene rings is 1. The molecule has 0 radical (unpaired) electrons. The van der Waals surface area contributed by atoms with Gasteiger partial charge in [0.1, 0.15) is 0 Å². The van der Waals surface area contributed by atoms with Crippen LogP contribution in [0.2, 0.25) is 10.0 Å². The van der Waals surface area contributed by atoms with E-state index in [4.69, 9.17) is 28.9 Å². The van der Waals surface area contributed by atoms with E-state index in [0.717, 1.165) is 17.3 Å². The van der Waals surface area contributed by atoms with E-state index >= 15 is 0 Å². The molecule has 3 N–H and O–H groups in total. The highest BCUT2D eigenvalue weighted by atomic mass is 79.9. The van der Waals surface area contributed by atoms with Gasteiger partial charge in [-0.2, -0.15) is 0 Å². The van der Waals surface area contributed by atoms with Gasteiger partial charge in [0.2, 0.25) is 5.91 Å². The summed E-state index contributed by atoms with van der Waals surface area (Å²) in [5, 5.41) is 3.59. The predicted molar refractivity (Wildman–Crippen MR) is 84.9 cm³/mol. The molecule has 0 saturated heterocycles. The topological polar surface area (TPSA) is 55.1 Å². The van der Waals surface area contributed by atoms with Crippen molar-refractivity contribution in [3.05, 3.63) is 26.7 Å². The highest BCUT2D eigenvalue weighted by Gasteiger charge is 2.12. The Morgan fingerprint density at radius 2 is 1.95 bits per heavy atom. The van der Waals surface area contributed by atoms with Crippen LogP contribution >= 0.6 is 39.1 Å². The summed E-state index contributed by atoms with van der Waals surface area (Å²) in [7, 11) is 0. The maximum absolute atomic E-state index is 11.8. The summed E-state index contributed by atoms with van der Waals surface area (Å²) in [5.41, 5.74) is 5.93. The van der Waals surface area contributed by atoms with Crippen molar-refractivity contribution >= 4 is 50.7 Å². The van der Waals surface area contributed by atoms with Crippen LogP contribution in [-0.4, -0.2) is 12.5 Å². The second kappa shape index (κ2) is 8.10. The van der Waals surface area contributed by atoms with E-state index in [1.807, 2.05) is 0 Å². The smallest absolute Gasteiger partial charge is 0.224 e. The molecule has 19 heavy (non-hydrogen) atoms. The molecule has 1 rings (SSSR count). The number of hydrogen-bond donors (Lipinski definition) is 2. The van der Waals surface area contributed by atoms with Gasteiger partial charge < -0.3 is 11.1 Å². The maximum atomic E-state index is 11.8. The van der Waals surface area contributed by atoms with Gasteiger partial charge in [-0.1, -0.05) is 46.1 Å². The SMILES string of the molecule is CC(CCN)CCC(=O)Nc1c(Cl)cc(Br)cc1Cl. The molecule has 0 aromatic heterocycles. The molecule has 0 spiro atoms. The molecule has 3 nitrogen and oxygen atoms in total. The lowest BCUT2D eigenvalue weighted by Gasteiger charge is -2.12. The van der Waals surface area contributed by atoms with E-state index < -0.39 is 0 Å². The average Bonchev–Trinajstić information content (AvgIpc) is 2.31. The minimum atomic E-state index is -0.0880. The number of halogens is 3. The molecule has 0 saturated carbocycles. The van der Waals surface area contributed by atoms with Crippen LogP contribution in [0, 0.1) is 5.92 Å². The van der Waals surface area contributed by atoms with Crippen LogP contribution in [0.25, 0.3) is 0 Å². The first-order valence-electron chi connectivity index (χ1n) is 6.08. The number of hydrogen-bond acceptors (Lipinski definition) is 2. The molecular weight excluding hydrogens is 351 g/mol. The highest BCUT2D eigenvalue weighted by Crippen LogP contribution is 2.33. The van der Waals surface area contributed by atoms with Gasteiger partial charge in [0.25, 0.3) is 0 Å². The first kappa shape index (κ1) is 16.8. The first-order chi connectivity index (χ1) is 8.93. The summed E-state index contributed by atoms with van der Waals surface area (Å²) in [4.78, 5) is 11.8. The number of nitrogens with one attached hydrogen (secondary N) is 1. The minimum Gasteiger partial charge on any atom is -0.330 e. The molecule has 1 aromatic carbocycles. The number of nitrogens with two attached hydrogens (primary N) is 1. The van der Waals surface area contributed by atoms with E-state index in [-0.39, 0.29) is 5.91 Å². The van der Waals surface area contributed by atoms with Crippen LogP contribution in [0.5, 0.6) is 0 Å². The lowest BCUT2D eigenvalue weighted by Crippen LogP contribution is -2.14. The summed E-state index contributed by atoms with van der Waals surface area (Å²) >= 11 is 15.4. The molecule has 1 aromatic rings. The number of amides is 1. The number of rotatable bonds is 6. The zero-order chi connectivity index (χ0) is 14.4.